The number of piperazine rings is 1. The predicted octanol–water partition coefficient (Wildman–Crippen LogP) is 1.28. The number of anilines is 2. The second-order valence-corrected chi connectivity index (χ2v) is 7.05. The van der Waals surface area contributed by atoms with E-state index in [0.717, 1.165) is 49.1 Å². The Hall–Kier alpha value is -3.13. The molecule has 0 atom stereocenters. The molecule has 4 heterocycles. The Kier molecular flexibility index (Phi) is 4.32. The van der Waals surface area contributed by atoms with Crippen LogP contribution in [0.2, 0.25) is 0 Å². The molecule has 3 aromatic rings. The van der Waals surface area contributed by atoms with Crippen LogP contribution in [0, 0.1) is 0 Å². The summed E-state index contributed by atoms with van der Waals surface area (Å²) in [5.74, 6) is 1.86. The number of carbonyl (C=O) groups is 1. The van der Waals surface area contributed by atoms with Gasteiger partial charge in [0, 0.05) is 38.6 Å². The number of aromatic nitrogens is 3. The summed E-state index contributed by atoms with van der Waals surface area (Å²) in [6.45, 7) is 4.93. The summed E-state index contributed by atoms with van der Waals surface area (Å²) >= 11 is 0. The van der Waals surface area contributed by atoms with Gasteiger partial charge in [-0.15, -0.1) is 5.10 Å². The van der Waals surface area contributed by atoms with E-state index in [9.17, 15) is 4.79 Å². The normalized spacial score (nSPS) is 17.4. The highest BCUT2D eigenvalue weighted by Gasteiger charge is 2.26. The molecule has 1 saturated heterocycles. The maximum absolute atomic E-state index is 12.9. The van der Waals surface area contributed by atoms with Crippen LogP contribution in [-0.2, 0) is 4.79 Å². The minimum atomic E-state index is 0.127. The van der Waals surface area contributed by atoms with Crippen molar-refractivity contribution in [1.29, 1.82) is 0 Å². The highest BCUT2D eigenvalue weighted by molar-refractivity contribution is 5.96. The number of ether oxygens (including phenoxy) is 1. The van der Waals surface area contributed by atoms with E-state index < -0.39 is 0 Å². The molecule has 1 aromatic carbocycles. The molecule has 0 aliphatic carbocycles. The lowest BCUT2D eigenvalue weighted by Gasteiger charge is -2.36. The van der Waals surface area contributed by atoms with Gasteiger partial charge in [0.2, 0.25) is 5.91 Å². The van der Waals surface area contributed by atoms with Gasteiger partial charge in [-0.2, -0.15) is 0 Å². The molecular weight excluding hydrogens is 356 g/mol. The summed E-state index contributed by atoms with van der Waals surface area (Å²) in [6, 6.07) is 11.7. The minimum absolute atomic E-state index is 0.127. The number of imidazole rings is 1. The zero-order chi connectivity index (χ0) is 18.9. The SMILES string of the molecule is O=C(CN1CCN(c2ccc3nccn3n2)CC1)N1CCOc2ccccc21. The number of amides is 1. The van der Waals surface area contributed by atoms with Crippen LogP contribution < -0.4 is 14.5 Å². The number of rotatable bonds is 3. The van der Waals surface area contributed by atoms with Gasteiger partial charge in [0.25, 0.3) is 0 Å². The van der Waals surface area contributed by atoms with Crippen LogP contribution >= 0.6 is 0 Å². The third-order valence-electron chi connectivity index (χ3n) is 5.33. The van der Waals surface area contributed by atoms with Gasteiger partial charge >= 0.3 is 0 Å². The van der Waals surface area contributed by atoms with E-state index in [2.05, 4.69) is 19.9 Å². The van der Waals surface area contributed by atoms with E-state index in [4.69, 9.17) is 4.74 Å². The van der Waals surface area contributed by atoms with Crippen molar-refractivity contribution in [2.75, 3.05) is 55.7 Å². The molecule has 2 aromatic heterocycles. The standard InChI is InChI=1S/C20H22N6O2/c27-20(25-13-14-28-17-4-2-1-3-16(17)25)15-23-9-11-24(12-10-23)19-6-5-18-21-7-8-26(18)22-19/h1-8H,9-15H2. The quantitative estimate of drug-likeness (QED) is 0.684. The molecule has 8 heteroatoms. The van der Waals surface area contributed by atoms with Crippen molar-refractivity contribution in [3.8, 4) is 5.75 Å². The lowest BCUT2D eigenvalue weighted by atomic mass is 10.2. The van der Waals surface area contributed by atoms with Crippen molar-refractivity contribution in [1.82, 2.24) is 19.5 Å². The van der Waals surface area contributed by atoms with Gasteiger partial charge < -0.3 is 14.5 Å². The second kappa shape index (κ2) is 7.12. The number of nitrogens with zero attached hydrogens (tertiary/aromatic N) is 6. The molecule has 144 valence electrons. The third-order valence-corrected chi connectivity index (χ3v) is 5.33. The summed E-state index contributed by atoms with van der Waals surface area (Å²) in [6.07, 6.45) is 3.60. The number of para-hydroxylation sites is 2. The van der Waals surface area contributed by atoms with E-state index in [1.165, 1.54) is 0 Å². The van der Waals surface area contributed by atoms with Crippen molar-refractivity contribution in [2.45, 2.75) is 0 Å². The largest absolute Gasteiger partial charge is 0.490 e. The van der Waals surface area contributed by atoms with Gasteiger partial charge in [0.1, 0.15) is 18.2 Å². The zero-order valence-electron chi connectivity index (χ0n) is 15.6. The zero-order valence-corrected chi connectivity index (χ0v) is 15.6. The summed E-state index contributed by atoms with van der Waals surface area (Å²) in [4.78, 5) is 23.4. The topological polar surface area (TPSA) is 66.2 Å². The molecule has 2 aliphatic rings. The van der Waals surface area contributed by atoms with Gasteiger partial charge in [-0.3, -0.25) is 9.69 Å². The monoisotopic (exact) mass is 378 g/mol. The van der Waals surface area contributed by atoms with Crippen LogP contribution in [0.25, 0.3) is 5.65 Å². The molecule has 1 fully saturated rings. The molecule has 8 nitrogen and oxygen atoms in total. The fourth-order valence-electron chi connectivity index (χ4n) is 3.81. The Morgan fingerprint density at radius 1 is 1.04 bits per heavy atom. The van der Waals surface area contributed by atoms with Crippen LogP contribution in [0.4, 0.5) is 11.5 Å². The average Bonchev–Trinajstić information content (AvgIpc) is 3.22. The lowest BCUT2D eigenvalue weighted by Crippen LogP contribution is -2.51. The lowest BCUT2D eigenvalue weighted by molar-refractivity contribution is -0.120. The maximum atomic E-state index is 12.9. The molecule has 0 spiro atoms. The predicted molar refractivity (Wildman–Crippen MR) is 106 cm³/mol. The van der Waals surface area contributed by atoms with E-state index in [1.807, 2.05) is 47.5 Å². The molecule has 5 rings (SSSR count). The molecule has 1 amide bonds. The second-order valence-electron chi connectivity index (χ2n) is 7.05. The molecule has 0 unspecified atom stereocenters. The summed E-state index contributed by atoms with van der Waals surface area (Å²) in [5.41, 5.74) is 1.72. The summed E-state index contributed by atoms with van der Waals surface area (Å²) in [7, 11) is 0. The summed E-state index contributed by atoms with van der Waals surface area (Å²) in [5, 5.41) is 4.62. The fraction of sp³-hybridized carbons (Fsp3) is 0.350. The van der Waals surface area contributed by atoms with Gasteiger partial charge in [0.05, 0.1) is 18.8 Å². The van der Waals surface area contributed by atoms with E-state index in [0.29, 0.717) is 19.7 Å². The van der Waals surface area contributed by atoms with Gasteiger partial charge in [-0.25, -0.2) is 9.50 Å². The van der Waals surface area contributed by atoms with Gasteiger partial charge in [-0.1, -0.05) is 12.1 Å². The van der Waals surface area contributed by atoms with Crippen molar-refractivity contribution in [3.05, 3.63) is 48.8 Å². The fourth-order valence-corrected chi connectivity index (χ4v) is 3.81. The molecule has 0 radical (unpaired) electrons. The third kappa shape index (κ3) is 3.16. The number of hydrogen-bond acceptors (Lipinski definition) is 6. The molecule has 28 heavy (non-hydrogen) atoms. The van der Waals surface area contributed by atoms with Crippen LogP contribution in [0.1, 0.15) is 0 Å². The van der Waals surface area contributed by atoms with E-state index in [1.54, 1.807) is 10.7 Å². The van der Waals surface area contributed by atoms with Gasteiger partial charge in [0.15, 0.2) is 5.65 Å². The Morgan fingerprint density at radius 3 is 2.79 bits per heavy atom. The van der Waals surface area contributed by atoms with Crippen molar-refractivity contribution >= 4 is 23.1 Å². The first-order valence-corrected chi connectivity index (χ1v) is 9.58. The number of benzene rings is 1. The average molecular weight is 378 g/mol. The summed E-state index contributed by atoms with van der Waals surface area (Å²) < 4.78 is 7.45. The minimum Gasteiger partial charge on any atom is -0.490 e. The first kappa shape index (κ1) is 17.0. The van der Waals surface area contributed by atoms with Crippen molar-refractivity contribution < 1.29 is 9.53 Å². The van der Waals surface area contributed by atoms with Crippen LogP contribution in [0.3, 0.4) is 0 Å². The maximum Gasteiger partial charge on any atom is 0.241 e. The van der Waals surface area contributed by atoms with Crippen LogP contribution in [-0.4, -0.2) is 71.3 Å². The van der Waals surface area contributed by atoms with Gasteiger partial charge in [-0.05, 0) is 24.3 Å². The molecule has 0 N–H and O–H groups in total. The molecule has 0 saturated carbocycles. The Morgan fingerprint density at radius 2 is 1.89 bits per heavy atom. The molecule has 0 bridgehead atoms. The Balaban J connectivity index is 1.21. The van der Waals surface area contributed by atoms with Crippen LogP contribution in [0.5, 0.6) is 5.75 Å². The first-order valence-electron chi connectivity index (χ1n) is 9.58. The Labute approximate surface area is 162 Å². The van der Waals surface area contributed by atoms with Crippen molar-refractivity contribution in [2.24, 2.45) is 0 Å². The highest BCUT2D eigenvalue weighted by atomic mass is 16.5. The van der Waals surface area contributed by atoms with Crippen molar-refractivity contribution in [3.63, 3.8) is 0 Å². The van der Waals surface area contributed by atoms with Crippen LogP contribution in [0.15, 0.2) is 48.8 Å². The number of fused-ring (bicyclic) bond motifs is 2. The van der Waals surface area contributed by atoms with E-state index >= 15 is 0 Å². The molecular formula is C20H22N6O2. The number of hydrogen-bond donors (Lipinski definition) is 0. The molecule has 2 aliphatic heterocycles. The first-order chi connectivity index (χ1) is 13.8. The Bertz CT molecular complexity index is 995. The van der Waals surface area contributed by atoms with E-state index in [-0.39, 0.29) is 5.91 Å². The number of carbonyl (C=O) groups excluding carboxylic acids is 1. The highest BCUT2D eigenvalue weighted by Crippen LogP contribution is 2.31. The smallest absolute Gasteiger partial charge is 0.241 e.